The largest absolute Gasteiger partial charge is 0.378 e. The summed E-state index contributed by atoms with van der Waals surface area (Å²) in [5, 5.41) is 0. The molecule has 0 amide bonds. The van der Waals surface area contributed by atoms with E-state index in [0.717, 1.165) is 16.8 Å². The average molecular weight is 290 g/mol. The number of fused-ring (bicyclic) bond motifs is 1. The highest BCUT2D eigenvalue weighted by molar-refractivity contribution is 8.23. The maximum Gasteiger partial charge on any atom is 0.0802 e. The van der Waals surface area contributed by atoms with Crippen LogP contribution in [0.4, 0.5) is 5.69 Å². The van der Waals surface area contributed by atoms with Crippen LogP contribution in [0.25, 0.3) is 0 Å². The van der Waals surface area contributed by atoms with Crippen LogP contribution in [-0.2, 0) is 0 Å². The van der Waals surface area contributed by atoms with Crippen molar-refractivity contribution < 1.29 is 9.11 Å². The standard InChI is InChI=1S/C15H18N2O2S/c1-17(2)12-9-7-11(8-10-12)15-13-5-3-4-6-14(13)20(18,19)16-15/h3-10,15-16,18-19H,1-2H3. The van der Waals surface area contributed by atoms with Crippen molar-refractivity contribution in [2.45, 2.75) is 10.9 Å². The molecule has 106 valence electrons. The molecule has 3 rings (SSSR count). The summed E-state index contributed by atoms with van der Waals surface area (Å²) >= 11 is 0. The molecular weight excluding hydrogens is 272 g/mol. The topological polar surface area (TPSA) is 55.7 Å². The van der Waals surface area contributed by atoms with Crippen LogP contribution >= 0.6 is 10.8 Å². The van der Waals surface area contributed by atoms with E-state index in [1.54, 1.807) is 6.07 Å². The molecule has 4 nitrogen and oxygen atoms in total. The first-order chi connectivity index (χ1) is 9.49. The summed E-state index contributed by atoms with van der Waals surface area (Å²) in [5.74, 6) is 0. The fourth-order valence-corrected chi connectivity index (χ4v) is 3.98. The van der Waals surface area contributed by atoms with Gasteiger partial charge in [-0.25, -0.2) is 4.72 Å². The summed E-state index contributed by atoms with van der Waals surface area (Å²) in [4.78, 5) is 2.63. The van der Waals surface area contributed by atoms with E-state index in [9.17, 15) is 9.11 Å². The molecule has 0 radical (unpaired) electrons. The molecule has 20 heavy (non-hydrogen) atoms. The van der Waals surface area contributed by atoms with E-state index in [0.29, 0.717) is 4.90 Å². The zero-order valence-electron chi connectivity index (χ0n) is 11.4. The lowest BCUT2D eigenvalue weighted by molar-refractivity contribution is 0.475. The molecule has 1 unspecified atom stereocenters. The van der Waals surface area contributed by atoms with E-state index < -0.39 is 10.8 Å². The second-order valence-corrected chi connectivity index (χ2v) is 6.90. The van der Waals surface area contributed by atoms with Crippen molar-refractivity contribution in [2.24, 2.45) is 0 Å². The second kappa shape index (κ2) is 4.79. The third-order valence-electron chi connectivity index (χ3n) is 3.56. The Bertz CT molecular complexity index is 626. The van der Waals surface area contributed by atoms with Gasteiger partial charge in [0.2, 0.25) is 0 Å². The van der Waals surface area contributed by atoms with Gasteiger partial charge in [-0.05, 0) is 29.3 Å². The van der Waals surface area contributed by atoms with Gasteiger partial charge in [0.25, 0.3) is 0 Å². The summed E-state index contributed by atoms with van der Waals surface area (Å²) in [7, 11) is 1.10. The number of rotatable bonds is 2. The molecule has 0 fully saturated rings. The lowest BCUT2D eigenvalue weighted by Gasteiger charge is -2.28. The van der Waals surface area contributed by atoms with Gasteiger partial charge in [0.1, 0.15) is 0 Å². The number of hydrogen-bond donors (Lipinski definition) is 3. The monoisotopic (exact) mass is 290 g/mol. The van der Waals surface area contributed by atoms with Crippen molar-refractivity contribution in [1.29, 1.82) is 0 Å². The Balaban J connectivity index is 2.00. The molecular formula is C15H18N2O2S. The minimum atomic E-state index is -2.89. The maximum absolute atomic E-state index is 10.1. The summed E-state index contributed by atoms with van der Waals surface area (Å²) in [6, 6.07) is 15.4. The molecule has 1 atom stereocenters. The Morgan fingerprint density at radius 1 is 1.00 bits per heavy atom. The zero-order chi connectivity index (χ0) is 14.3. The third kappa shape index (κ3) is 2.19. The smallest absolute Gasteiger partial charge is 0.0802 e. The Labute approximate surface area is 120 Å². The fraction of sp³-hybridized carbons (Fsp3) is 0.200. The van der Waals surface area contributed by atoms with Gasteiger partial charge in [0, 0.05) is 19.8 Å². The van der Waals surface area contributed by atoms with Gasteiger partial charge in [-0.15, -0.1) is 10.8 Å². The normalized spacial score (nSPS) is 21.3. The lowest BCUT2D eigenvalue weighted by atomic mass is 9.99. The molecule has 2 aromatic carbocycles. The lowest BCUT2D eigenvalue weighted by Crippen LogP contribution is -2.18. The van der Waals surface area contributed by atoms with Gasteiger partial charge in [0.05, 0.1) is 10.9 Å². The van der Waals surface area contributed by atoms with Crippen molar-refractivity contribution in [2.75, 3.05) is 19.0 Å². The molecule has 1 heterocycles. The van der Waals surface area contributed by atoms with E-state index in [1.807, 2.05) is 61.5 Å². The van der Waals surface area contributed by atoms with Gasteiger partial charge in [-0.1, -0.05) is 30.3 Å². The van der Waals surface area contributed by atoms with E-state index in [2.05, 4.69) is 4.72 Å². The van der Waals surface area contributed by atoms with E-state index >= 15 is 0 Å². The number of nitrogens with zero attached hydrogens (tertiary/aromatic N) is 1. The molecule has 3 N–H and O–H groups in total. The highest BCUT2D eigenvalue weighted by atomic mass is 32.3. The van der Waals surface area contributed by atoms with Crippen molar-refractivity contribution in [3.63, 3.8) is 0 Å². The third-order valence-corrected chi connectivity index (χ3v) is 5.11. The maximum atomic E-state index is 10.1. The van der Waals surface area contributed by atoms with Gasteiger partial charge >= 0.3 is 0 Å². The van der Waals surface area contributed by atoms with Crippen LogP contribution in [0, 0.1) is 0 Å². The summed E-state index contributed by atoms with van der Waals surface area (Å²) in [6.45, 7) is 0. The van der Waals surface area contributed by atoms with Crippen LogP contribution in [0.2, 0.25) is 0 Å². The highest BCUT2D eigenvalue weighted by Crippen LogP contribution is 2.56. The average Bonchev–Trinajstić information content (AvgIpc) is 2.72. The summed E-state index contributed by atoms with van der Waals surface area (Å²) in [5.41, 5.74) is 3.08. The van der Waals surface area contributed by atoms with Crippen LogP contribution in [0.15, 0.2) is 53.4 Å². The Kier molecular flexibility index (Phi) is 3.22. The van der Waals surface area contributed by atoms with Gasteiger partial charge in [-0.3, -0.25) is 9.11 Å². The second-order valence-electron chi connectivity index (χ2n) is 5.12. The van der Waals surface area contributed by atoms with Crippen LogP contribution < -0.4 is 9.62 Å². The van der Waals surface area contributed by atoms with Crippen molar-refractivity contribution in [3.8, 4) is 0 Å². The van der Waals surface area contributed by atoms with Crippen LogP contribution in [-0.4, -0.2) is 23.2 Å². The Morgan fingerprint density at radius 3 is 2.30 bits per heavy atom. The zero-order valence-corrected chi connectivity index (χ0v) is 12.3. The molecule has 5 heteroatoms. The molecule has 2 aromatic rings. The van der Waals surface area contributed by atoms with Crippen LogP contribution in [0.3, 0.4) is 0 Å². The first kappa shape index (κ1) is 13.5. The number of nitrogens with one attached hydrogen (secondary N) is 1. The number of benzene rings is 2. The highest BCUT2D eigenvalue weighted by Gasteiger charge is 2.34. The van der Waals surface area contributed by atoms with E-state index in [-0.39, 0.29) is 6.04 Å². The first-order valence-electron chi connectivity index (χ1n) is 6.41. The fourth-order valence-electron chi connectivity index (χ4n) is 2.48. The number of hydrogen-bond acceptors (Lipinski definition) is 4. The molecule has 1 aliphatic rings. The quantitative estimate of drug-likeness (QED) is 0.792. The predicted molar refractivity (Wildman–Crippen MR) is 83.3 cm³/mol. The summed E-state index contributed by atoms with van der Waals surface area (Å²) in [6.07, 6.45) is 0. The molecule has 0 bridgehead atoms. The Morgan fingerprint density at radius 2 is 1.65 bits per heavy atom. The Hall–Kier alpha value is -1.53. The van der Waals surface area contributed by atoms with Gasteiger partial charge < -0.3 is 4.90 Å². The molecule has 1 aliphatic heterocycles. The van der Waals surface area contributed by atoms with Crippen molar-refractivity contribution in [1.82, 2.24) is 4.72 Å². The molecule has 0 saturated carbocycles. The van der Waals surface area contributed by atoms with Crippen LogP contribution in [0.1, 0.15) is 17.2 Å². The number of anilines is 1. The van der Waals surface area contributed by atoms with Crippen molar-refractivity contribution in [3.05, 3.63) is 59.7 Å². The predicted octanol–water partition coefficient (Wildman–Crippen LogP) is 3.47. The van der Waals surface area contributed by atoms with E-state index in [1.165, 1.54) is 0 Å². The first-order valence-corrected chi connectivity index (χ1v) is 7.95. The molecule has 0 spiro atoms. The van der Waals surface area contributed by atoms with Crippen LogP contribution in [0.5, 0.6) is 0 Å². The summed E-state index contributed by atoms with van der Waals surface area (Å²) < 4.78 is 23.2. The SMILES string of the molecule is CN(C)c1ccc(C2NS(O)(O)c3ccccc32)cc1. The molecule has 0 aliphatic carbocycles. The minimum Gasteiger partial charge on any atom is -0.378 e. The van der Waals surface area contributed by atoms with E-state index in [4.69, 9.17) is 0 Å². The van der Waals surface area contributed by atoms with Crippen molar-refractivity contribution >= 4 is 16.5 Å². The van der Waals surface area contributed by atoms with Gasteiger partial charge in [-0.2, -0.15) is 0 Å². The van der Waals surface area contributed by atoms with Gasteiger partial charge in [0.15, 0.2) is 0 Å². The molecule has 0 saturated heterocycles. The molecule has 0 aromatic heterocycles. The minimum absolute atomic E-state index is 0.174.